The molecule has 1 aromatic carbocycles. The number of nitrogens with one attached hydrogen (secondary N) is 1. The van der Waals surface area contributed by atoms with E-state index in [1.807, 2.05) is 0 Å². The largest absolute Gasteiger partial charge is 0.280 e. The summed E-state index contributed by atoms with van der Waals surface area (Å²) >= 11 is 0. The number of rotatable bonds is 5. The Balaban J connectivity index is 1.44. The Labute approximate surface area is 176 Å². The van der Waals surface area contributed by atoms with Crippen molar-refractivity contribution in [3.63, 3.8) is 0 Å². The first kappa shape index (κ1) is 20.7. The number of hydrogen-bond donors (Lipinski definition) is 1. The highest BCUT2D eigenvalue weighted by Crippen LogP contribution is 2.23. The van der Waals surface area contributed by atoms with Gasteiger partial charge in [-0.15, -0.1) is 0 Å². The Morgan fingerprint density at radius 1 is 0.933 bits per heavy atom. The van der Waals surface area contributed by atoms with Crippen LogP contribution >= 0.6 is 0 Å². The maximum absolute atomic E-state index is 12.8. The second kappa shape index (κ2) is 8.65. The maximum Gasteiger partial charge on any atom is 0.280 e. The number of pyridine rings is 1. The third-order valence-corrected chi connectivity index (χ3v) is 7.27. The summed E-state index contributed by atoms with van der Waals surface area (Å²) < 4.78 is 28.4. The van der Waals surface area contributed by atoms with E-state index in [1.165, 1.54) is 24.8 Å². The fourth-order valence-corrected chi connectivity index (χ4v) is 5.38. The van der Waals surface area contributed by atoms with Gasteiger partial charge in [0, 0.05) is 12.2 Å². The lowest BCUT2D eigenvalue weighted by molar-refractivity contribution is 0.0640. The van der Waals surface area contributed by atoms with Crippen LogP contribution < -0.4 is 4.72 Å². The van der Waals surface area contributed by atoms with Crippen molar-refractivity contribution in [1.29, 1.82) is 0 Å². The van der Waals surface area contributed by atoms with E-state index >= 15 is 0 Å². The number of aromatic nitrogens is 1. The molecule has 2 heterocycles. The zero-order valence-electron chi connectivity index (χ0n) is 16.7. The minimum Gasteiger partial charge on any atom is -0.268 e. The molecule has 0 spiro atoms. The summed E-state index contributed by atoms with van der Waals surface area (Å²) in [7, 11) is -3.60. The van der Waals surface area contributed by atoms with Crippen molar-refractivity contribution in [1.82, 2.24) is 14.6 Å². The molecule has 1 aliphatic heterocycles. The van der Waals surface area contributed by atoms with E-state index < -0.39 is 15.9 Å². The molecule has 1 N–H and O–H groups in total. The number of benzene rings is 1. The van der Waals surface area contributed by atoms with Crippen molar-refractivity contribution in [3.05, 3.63) is 59.4 Å². The van der Waals surface area contributed by atoms with Crippen molar-refractivity contribution >= 4 is 21.8 Å². The van der Waals surface area contributed by atoms with Gasteiger partial charge >= 0.3 is 0 Å². The number of hydrogen-bond acceptors (Lipinski definition) is 5. The third kappa shape index (κ3) is 4.29. The Hall–Kier alpha value is -2.58. The Morgan fingerprint density at radius 3 is 2.27 bits per heavy atom. The molecule has 1 fully saturated rings. The van der Waals surface area contributed by atoms with E-state index in [0.717, 1.165) is 43.4 Å². The average molecular weight is 428 g/mol. The summed E-state index contributed by atoms with van der Waals surface area (Å²) in [6.45, 7) is 0.0738. The molecule has 0 saturated heterocycles. The van der Waals surface area contributed by atoms with Crippen LogP contribution in [0.15, 0.2) is 47.5 Å². The van der Waals surface area contributed by atoms with Gasteiger partial charge in [0.2, 0.25) is 10.0 Å². The van der Waals surface area contributed by atoms with E-state index in [2.05, 4.69) is 9.71 Å². The molecule has 0 radical (unpaired) electrons. The second-order valence-electron chi connectivity index (χ2n) is 7.90. The van der Waals surface area contributed by atoms with Crippen LogP contribution in [0.3, 0.4) is 0 Å². The molecule has 1 saturated carbocycles. The molecular formula is C22H25N3O4S. The summed E-state index contributed by atoms with van der Waals surface area (Å²) in [6, 6.07) is 9.51. The van der Waals surface area contributed by atoms with Crippen molar-refractivity contribution in [2.45, 2.75) is 62.4 Å². The van der Waals surface area contributed by atoms with Crippen molar-refractivity contribution < 1.29 is 18.0 Å². The SMILES string of the molecule is O=C1c2cccnc2C(=O)N1Cc1ccc(S(=O)(=O)NC2CCCCCCC2)cc1. The zero-order valence-corrected chi connectivity index (χ0v) is 17.5. The van der Waals surface area contributed by atoms with Gasteiger partial charge in [-0.25, -0.2) is 13.1 Å². The number of amides is 2. The van der Waals surface area contributed by atoms with Gasteiger partial charge in [0.05, 0.1) is 17.0 Å². The predicted molar refractivity (Wildman–Crippen MR) is 111 cm³/mol. The first-order valence-electron chi connectivity index (χ1n) is 10.4. The molecule has 1 aliphatic carbocycles. The molecular weight excluding hydrogens is 402 g/mol. The van der Waals surface area contributed by atoms with Crippen LogP contribution in [0.1, 0.15) is 71.4 Å². The van der Waals surface area contributed by atoms with Crippen LogP contribution in [-0.2, 0) is 16.6 Å². The van der Waals surface area contributed by atoms with Crippen molar-refractivity contribution in [2.24, 2.45) is 0 Å². The first-order chi connectivity index (χ1) is 14.5. The number of carbonyl (C=O) groups excluding carboxylic acids is 2. The highest BCUT2D eigenvalue weighted by molar-refractivity contribution is 7.89. The van der Waals surface area contributed by atoms with Crippen LogP contribution in [0.4, 0.5) is 0 Å². The zero-order chi connectivity index (χ0) is 21.1. The molecule has 7 nitrogen and oxygen atoms in total. The number of carbonyl (C=O) groups is 2. The summed E-state index contributed by atoms with van der Waals surface area (Å²) in [6.07, 6.45) is 8.83. The topological polar surface area (TPSA) is 96.4 Å². The van der Waals surface area contributed by atoms with Crippen LogP contribution in [0, 0.1) is 0 Å². The van der Waals surface area contributed by atoms with Crippen molar-refractivity contribution in [2.75, 3.05) is 0 Å². The Bertz CT molecular complexity index is 1010. The average Bonchev–Trinajstić information content (AvgIpc) is 2.95. The van der Waals surface area contributed by atoms with E-state index in [1.54, 1.807) is 24.3 Å². The van der Waals surface area contributed by atoms with Crippen molar-refractivity contribution in [3.8, 4) is 0 Å². The van der Waals surface area contributed by atoms with E-state index in [4.69, 9.17) is 0 Å². The molecule has 0 unspecified atom stereocenters. The number of fused-ring (bicyclic) bond motifs is 1. The quantitative estimate of drug-likeness (QED) is 0.739. The second-order valence-corrected chi connectivity index (χ2v) is 9.62. The lowest BCUT2D eigenvalue weighted by atomic mass is 9.97. The van der Waals surface area contributed by atoms with Crippen LogP contribution in [-0.4, -0.2) is 36.2 Å². The number of nitrogens with zero attached hydrogens (tertiary/aromatic N) is 2. The van der Waals surface area contributed by atoms with Gasteiger partial charge in [-0.05, 0) is 42.7 Å². The first-order valence-corrected chi connectivity index (χ1v) is 11.9. The predicted octanol–water partition coefficient (Wildman–Crippen LogP) is 3.27. The molecule has 8 heteroatoms. The fourth-order valence-electron chi connectivity index (χ4n) is 4.08. The van der Waals surface area contributed by atoms with Gasteiger partial charge in [0.15, 0.2) is 0 Å². The Kier molecular flexibility index (Phi) is 5.97. The maximum atomic E-state index is 12.8. The van der Waals surface area contributed by atoms with Crippen LogP contribution in [0.5, 0.6) is 0 Å². The lowest BCUT2D eigenvalue weighted by Gasteiger charge is -2.21. The van der Waals surface area contributed by atoms with Gasteiger partial charge < -0.3 is 0 Å². The highest BCUT2D eigenvalue weighted by Gasteiger charge is 2.36. The fraction of sp³-hybridized carbons (Fsp3) is 0.409. The van der Waals surface area contributed by atoms with Gasteiger partial charge in [-0.2, -0.15) is 0 Å². The summed E-state index contributed by atoms with van der Waals surface area (Å²) in [5.41, 5.74) is 1.13. The minimum absolute atomic E-state index is 0.0270. The summed E-state index contributed by atoms with van der Waals surface area (Å²) in [4.78, 5) is 30.2. The summed E-state index contributed by atoms with van der Waals surface area (Å²) in [5.74, 6) is -0.816. The monoisotopic (exact) mass is 427 g/mol. The van der Waals surface area contributed by atoms with E-state index in [9.17, 15) is 18.0 Å². The normalized spacial score (nSPS) is 18.2. The minimum atomic E-state index is -3.60. The lowest BCUT2D eigenvalue weighted by Crippen LogP contribution is -2.35. The van der Waals surface area contributed by atoms with E-state index in [-0.39, 0.29) is 29.1 Å². The molecule has 2 aliphatic rings. The van der Waals surface area contributed by atoms with Crippen LogP contribution in [0.2, 0.25) is 0 Å². The van der Waals surface area contributed by atoms with Crippen LogP contribution in [0.25, 0.3) is 0 Å². The number of imide groups is 1. The summed E-state index contributed by atoms with van der Waals surface area (Å²) in [5, 5.41) is 0. The van der Waals surface area contributed by atoms with Gasteiger partial charge in [-0.1, -0.05) is 44.2 Å². The Morgan fingerprint density at radius 2 is 1.60 bits per heavy atom. The molecule has 2 aromatic rings. The molecule has 0 atom stereocenters. The van der Waals surface area contributed by atoms with E-state index in [0.29, 0.717) is 11.1 Å². The smallest absolute Gasteiger partial charge is 0.268 e. The standard InChI is InChI=1S/C22H25N3O4S/c26-21-19-9-6-14-23-20(19)22(27)25(21)15-16-10-12-18(13-11-16)30(28,29)24-17-7-4-2-1-3-5-8-17/h6,9-14,17,24H,1-5,7-8,15H2. The molecule has 1 aromatic heterocycles. The molecule has 158 valence electrons. The molecule has 4 rings (SSSR count). The highest BCUT2D eigenvalue weighted by atomic mass is 32.2. The van der Waals surface area contributed by atoms with Gasteiger partial charge in [-0.3, -0.25) is 19.5 Å². The molecule has 30 heavy (non-hydrogen) atoms. The van der Waals surface area contributed by atoms with Gasteiger partial charge in [0.25, 0.3) is 11.8 Å². The molecule has 0 bridgehead atoms. The number of sulfonamides is 1. The third-order valence-electron chi connectivity index (χ3n) is 5.73. The van der Waals surface area contributed by atoms with Gasteiger partial charge in [0.1, 0.15) is 5.69 Å². The molecule has 2 amide bonds.